The summed E-state index contributed by atoms with van der Waals surface area (Å²) in [5.41, 5.74) is 0.898. The zero-order valence-corrected chi connectivity index (χ0v) is 12.4. The summed E-state index contributed by atoms with van der Waals surface area (Å²) in [4.78, 5) is 24.0. The Kier molecular flexibility index (Phi) is 7.70. The Balaban J connectivity index is 2.65. The largest absolute Gasteiger partial charge is 0.462 e. The highest BCUT2D eigenvalue weighted by molar-refractivity contribution is 6.01. The van der Waals surface area contributed by atoms with Crippen molar-refractivity contribution in [3.8, 4) is 0 Å². The van der Waals surface area contributed by atoms with Gasteiger partial charge in [0.1, 0.15) is 0 Å². The lowest BCUT2D eigenvalue weighted by Crippen LogP contribution is -2.18. The van der Waals surface area contributed by atoms with E-state index in [0.717, 1.165) is 25.7 Å². The van der Waals surface area contributed by atoms with E-state index in [1.807, 2.05) is 26.0 Å². The van der Waals surface area contributed by atoms with Gasteiger partial charge in [0.15, 0.2) is 0 Å². The van der Waals surface area contributed by atoms with Crippen LogP contribution in [-0.4, -0.2) is 25.2 Å². The molecule has 0 saturated heterocycles. The van der Waals surface area contributed by atoms with Gasteiger partial charge in [0.2, 0.25) is 0 Å². The van der Waals surface area contributed by atoms with Gasteiger partial charge < -0.3 is 9.47 Å². The van der Waals surface area contributed by atoms with Crippen molar-refractivity contribution in [2.45, 2.75) is 52.4 Å². The zero-order chi connectivity index (χ0) is 14.8. The van der Waals surface area contributed by atoms with Gasteiger partial charge in [0, 0.05) is 0 Å². The Morgan fingerprint density at radius 3 is 1.65 bits per heavy atom. The number of ether oxygens (including phenoxy) is 2. The normalized spacial score (nSPS) is 14.3. The van der Waals surface area contributed by atoms with Crippen LogP contribution in [0.4, 0.5) is 0 Å². The summed E-state index contributed by atoms with van der Waals surface area (Å²) >= 11 is 0. The maximum atomic E-state index is 12.0. The van der Waals surface area contributed by atoms with Crippen LogP contribution in [0.5, 0.6) is 0 Å². The average molecular weight is 280 g/mol. The van der Waals surface area contributed by atoms with Crippen molar-refractivity contribution in [3.05, 3.63) is 23.3 Å². The highest BCUT2D eigenvalue weighted by Gasteiger charge is 2.23. The first kappa shape index (κ1) is 16.5. The zero-order valence-electron chi connectivity index (χ0n) is 12.4. The monoisotopic (exact) mass is 280 g/mol. The predicted molar refractivity (Wildman–Crippen MR) is 77.1 cm³/mol. The molecule has 0 N–H and O–H groups in total. The molecule has 1 rings (SSSR count). The third-order valence-corrected chi connectivity index (χ3v) is 3.13. The van der Waals surface area contributed by atoms with Crippen LogP contribution in [0.3, 0.4) is 0 Å². The fourth-order valence-corrected chi connectivity index (χ4v) is 1.85. The van der Waals surface area contributed by atoms with Gasteiger partial charge in [-0.15, -0.1) is 0 Å². The minimum absolute atomic E-state index is 0.384. The Hall–Kier alpha value is -1.58. The molecule has 1 aliphatic rings. The van der Waals surface area contributed by atoms with Gasteiger partial charge in [-0.1, -0.05) is 38.8 Å². The predicted octanol–water partition coefficient (Wildman–Crippen LogP) is 3.32. The highest BCUT2D eigenvalue weighted by atomic mass is 16.5. The third kappa shape index (κ3) is 5.19. The lowest BCUT2D eigenvalue weighted by Gasteiger charge is -2.15. The topological polar surface area (TPSA) is 52.6 Å². The molecular weight excluding hydrogens is 256 g/mol. The van der Waals surface area contributed by atoms with Crippen LogP contribution in [0.2, 0.25) is 0 Å². The first-order valence-corrected chi connectivity index (χ1v) is 7.41. The molecule has 20 heavy (non-hydrogen) atoms. The molecule has 0 saturated carbocycles. The lowest BCUT2D eigenvalue weighted by atomic mass is 9.97. The van der Waals surface area contributed by atoms with Crippen LogP contribution < -0.4 is 0 Å². The molecule has 0 aromatic heterocycles. The van der Waals surface area contributed by atoms with E-state index >= 15 is 0 Å². The average Bonchev–Trinajstić information content (AvgIpc) is 2.47. The van der Waals surface area contributed by atoms with Crippen molar-refractivity contribution in [2.24, 2.45) is 0 Å². The van der Waals surface area contributed by atoms with Gasteiger partial charge >= 0.3 is 11.9 Å². The second-order valence-corrected chi connectivity index (χ2v) is 4.82. The molecule has 0 unspecified atom stereocenters. The van der Waals surface area contributed by atoms with Crippen LogP contribution >= 0.6 is 0 Å². The van der Waals surface area contributed by atoms with Crippen LogP contribution in [0.15, 0.2) is 23.3 Å². The molecule has 0 spiro atoms. The van der Waals surface area contributed by atoms with Gasteiger partial charge in [0.25, 0.3) is 0 Å². The summed E-state index contributed by atoms with van der Waals surface area (Å²) in [6.07, 6.45) is 8.29. The van der Waals surface area contributed by atoms with Crippen LogP contribution in [-0.2, 0) is 19.1 Å². The summed E-state index contributed by atoms with van der Waals surface area (Å²) in [5.74, 6) is -0.768. The maximum Gasteiger partial charge on any atom is 0.334 e. The molecule has 4 heteroatoms. The second-order valence-electron chi connectivity index (χ2n) is 4.82. The number of rotatable bonds is 8. The van der Waals surface area contributed by atoms with Gasteiger partial charge in [-0.3, -0.25) is 0 Å². The van der Waals surface area contributed by atoms with Crippen molar-refractivity contribution in [1.29, 1.82) is 0 Å². The van der Waals surface area contributed by atoms with Crippen LogP contribution in [0.25, 0.3) is 0 Å². The van der Waals surface area contributed by atoms with Gasteiger partial charge in [-0.2, -0.15) is 0 Å². The molecule has 1 aliphatic carbocycles. The number of hydrogen-bond acceptors (Lipinski definition) is 4. The Labute approximate surface area is 120 Å². The molecule has 0 heterocycles. The molecule has 112 valence electrons. The summed E-state index contributed by atoms with van der Waals surface area (Å²) in [6.45, 7) is 4.88. The quantitative estimate of drug-likeness (QED) is 0.389. The third-order valence-electron chi connectivity index (χ3n) is 3.13. The molecule has 0 radical (unpaired) electrons. The SMILES string of the molecule is CCCCOC(=O)C1=C(C(=O)OCCCC)CC=CC1. The molecule has 0 bridgehead atoms. The summed E-state index contributed by atoms with van der Waals surface area (Å²) in [6, 6.07) is 0. The first-order chi connectivity index (χ1) is 9.70. The standard InChI is InChI=1S/C16H24O4/c1-3-5-11-19-15(17)13-9-7-8-10-14(13)16(18)20-12-6-4-2/h7-8H,3-6,9-12H2,1-2H3. The summed E-state index contributed by atoms with van der Waals surface area (Å²) < 4.78 is 10.4. The highest BCUT2D eigenvalue weighted by Crippen LogP contribution is 2.22. The van der Waals surface area contributed by atoms with Crippen molar-refractivity contribution in [2.75, 3.05) is 13.2 Å². The molecular formula is C16H24O4. The van der Waals surface area contributed by atoms with E-state index < -0.39 is 0 Å². The molecule has 0 aromatic carbocycles. The Morgan fingerprint density at radius 2 is 1.30 bits per heavy atom. The number of hydrogen-bond donors (Lipinski definition) is 0. The second kappa shape index (κ2) is 9.34. The Bertz CT molecular complexity index is 357. The van der Waals surface area contributed by atoms with Gasteiger partial charge in [-0.05, 0) is 25.7 Å². The van der Waals surface area contributed by atoms with E-state index in [1.165, 1.54) is 0 Å². The van der Waals surface area contributed by atoms with E-state index in [1.54, 1.807) is 0 Å². The fraction of sp³-hybridized carbons (Fsp3) is 0.625. The van der Waals surface area contributed by atoms with Crippen molar-refractivity contribution >= 4 is 11.9 Å². The van der Waals surface area contributed by atoms with E-state index in [2.05, 4.69) is 0 Å². The fourth-order valence-electron chi connectivity index (χ4n) is 1.85. The number of carbonyl (C=O) groups excluding carboxylic acids is 2. The van der Waals surface area contributed by atoms with Crippen molar-refractivity contribution in [1.82, 2.24) is 0 Å². The molecule has 0 aliphatic heterocycles. The minimum Gasteiger partial charge on any atom is -0.462 e. The number of allylic oxidation sites excluding steroid dienone is 2. The molecule has 0 aromatic rings. The lowest BCUT2D eigenvalue weighted by molar-refractivity contribution is -0.142. The van der Waals surface area contributed by atoms with Crippen LogP contribution in [0.1, 0.15) is 52.4 Å². The number of unbranched alkanes of at least 4 members (excludes halogenated alkanes) is 2. The Morgan fingerprint density at radius 1 is 0.900 bits per heavy atom. The van der Waals surface area contributed by atoms with Crippen LogP contribution in [0, 0.1) is 0 Å². The van der Waals surface area contributed by atoms with E-state index in [9.17, 15) is 9.59 Å². The van der Waals surface area contributed by atoms with Gasteiger partial charge in [0.05, 0.1) is 24.4 Å². The maximum absolute atomic E-state index is 12.0. The minimum atomic E-state index is -0.384. The van der Waals surface area contributed by atoms with Crippen molar-refractivity contribution < 1.29 is 19.1 Å². The van der Waals surface area contributed by atoms with Gasteiger partial charge in [-0.25, -0.2) is 9.59 Å². The number of esters is 2. The molecule has 4 nitrogen and oxygen atoms in total. The smallest absolute Gasteiger partial charge is 0.334 e. The summed E-state index contributed by atoms with van der Waals surface area (Å²) in [7, 11) is 0. The summed E-state index contributed by atoms with van der Waals surface area (Å²) in [5, 5.41) is 0. The number of carbonyl (C=O) groups is 2. The molecule has 0 amide bonds. The first-order valence-electron chi connectivity index (χ1n) is 7.41. The van der Waals surface area contributed by atoms with E-state index in [-0.39, 0.29) is 11.9 Å². The van der Waals surface area contributed by atoms with Crippen molar-refractivity contribution in [3.63, 3.8) is 0 Å². The molecule has 0 fully saturated rings. The van der Waals surface area contributed by atoms with E-state index in [0.29, 0.717) is 37.2 Å². The molecule has 0 atom stereocenters. The van der Waals surface area contributed by atoms with E-state index in [4.69, 9.17) is 9.47 Å².